The standard InChI is InChI=1S/C35H31F2N11O2/c1-19-42-28-11-22(37)10-25-27-5-4-6-31(44-27)43-23-12-30(35(49)45(2)16-24(50-3)17-46(19)32(25)28)47(15-23)33-26-14-41-48(34(26)40-18-39-33)29-8-7-21(36)9-20(29)13-38/h4-11,14,18,23-24,30H,12,15-17H2,1-3H3,(H,43,44)/t23-,24-,30-/m0/s1. The van der Waals surface area contributed by atoms with E-state index in [1.54, 1.807) is 25.3 Å². The lowest BCUT2D eigenvalue weighted by atomic mass is 10.1. The third-order valence-electron chi connectivity index (χ3n) is 9.46. The Morgan fingerprint density at radius 1 is 1.04 bits per heavy atom. The Labute approximate surface area is 284 Å². The van der Waals surface area contributed by atoms with Gasteiger partial charge in [0, 0.05) is 44.9 Å². The molecule has 4 bridgehead atoms. The number of hydrogen-bond acceptors (Lipinski definition) is 10. The predicted octanol–water partition coefficient (Wildman–Crippen LogP) is 4.23. The summed E-state index contributed by atoms with van der Waals surface area (Å²) >= 11 is 0. The molecule has 6 aromatic rings. The predicted molar refractivity (Wildman–Crippen MR) is 181 cm³/mol. The molecule has 8 rings (SSSR count). The zero-order chi connectivity index (χ0) is 34.7. The van der Waals surface area contributed by atoms with Crippen molar-refractivity contribution in [1.29, 1.82) is 5.26 Å². The molecule has 0 spiro atoms. The highest BCUT2D eigenvalue weighted by Crippen LogP contribution is 2.35. The van der Waals surface area contributed by atoms with Gasteiger partial charge in [0.2, 0.25) is 5.91 Å². The molecule has 1 fully saturated rings. The molecule has 1 N–H and O–H groups in total. The molecule has 2 aliphatic heterocycles. The topological polar surface area (TPSA) is 143 Å². The normalized spacial score (nSPS) is 19.4. The van der Waals surface area contributed by atoms with Gasteiger partial charge in [-0.3, -0.25) is 4.79 Å². The van der Waals surface area contributed by atoms with Crippen LogP contribution in [0.15, 0.2) is 61.1 Å². The molecule has 4 aromatic heterocycles. The first-order chi connectivity index (χ1) is 24.2. The average Bonchev–Trinajstić information content (AvgIpc) is 3.82. The number of hydrogen-bond donors (Lipinski definition) is 1. The number of aryl methyl sites for hydroxylation is 1. The Morgan fingerprint density at radius 2 is 1.90 bits per heavy atom. The number of imidazole rings is 1. The van der Waals surface area contributed by atoms with Gasteiger partial charge in [-0.2, -0.15) is 10.4 Å². The van der Waals surface area contributed by atoms with Crippen molar-refractivity contribution in [2.75, 3.05) is 37.5 Å². The van der Waals surface area contributed by atoms with Crippen molar-refractivity contribution in [2.45, 2.75) is 38.1 Å². The highest BCUT2D eigenvalue weighted by atomic mass is 19.1. The number of rotatable bonds is 3. The molecule has 15 heteroatoms. The lowest BCUT2D eigenvalue weighted by Crippen LogP contribution is -2.47. The van der Waals surface area contributed by atoms with Crippen molar-refractivity contribution in [3.63, 3.8) is 0 Å². The molecule has 50 heavy (non-hydrogen) atoms. The van der Waals surface area contributed by atoms with Crippen LogP contribution in [-0.4, -0.2) is 90.5 Å². The van der Waals surface area contributed by atoms with Crippen molar-refractivity contribution in [3.05, 3.63) is 84.1 Å². The average molecular weight is 676 g/mol. The van der Waals surface area contributed by atoms with Crippen molar-refractivity contribution in [1.82, 2.24) is 39.2 Å². The Morgan fingerprint density at radius 3 is 2.72 bits per heavy atom. The molecule has 2 aliphatic rings. The molecule has 0 radical (unpaired) electrons. The molecule has 252 valence electrons. The number of anilines is 2. The summed E-state index contributed by atoms with van der Waals surface area (Å²) in [6.07, 6.45) is 2.99. The second-order valence-electron chi connectivity index (χ2n) is 12.6. The molecular formula is C35H31F2N11O2. The molecule has 6 heterocycles. The summed E-state index contributed by atoms with van der Waals surface area (Å²) in [5.41, 5.74) is 3.30. The van der Waals surface area contributed by atoms with Crippen LogP contribution in [0.4, 0.5) is 20.4 Å². The van der Waals surface area contributed by atoms with E-state index in [0.717, 1.165) is 11.6 Å². The zero-order valence-electron chi connectivity index (χ0n) is 27.4. The van der Waals surface area contributed by atoms with Crippen LogP contribution in [0.25, 0.3) is 39.0 Å². The van der Waals surface area contributed by atoms with E-state index in [2.05, 4.69) is 25.4 Å². The van der Waals surface area contributed by atoms with Gasteiger partial charge < -0.3 is 24.4 Å². The summed E-state index contributed by atoms with van der Waals surface area (Å²) in [7, 11) is 3.36. The van der Waals surface area contributed by atoms with Crippen LogP contribution in [0.5, 0.6) is 0 Å². The number of carbonyl (C=O) groups is 1. The Kier molecular flexibility index (Phi) is 7.60. The SMILES string of the molecule is CO[C@H]1CN(C)C(=O)[C@@H]2C[C@@H](CN2c2ncnc3c2cnn3-c2ccc(F)cc2C#N)Nc2cccc(n2)-c2cc(F)cc3nc(C)n(c23)C1. The number of benzene rings is 2. The van der Waals surface area contributed by atoms with E-state index in [4.69, 9.17) is 9.72 Å². The largest absolute Gasteiger partial charge is 0.378 e. The minimum Gasteiger partial charge on any atom is -0.378 e. The number of ether oxygens (including phenoxy) is 1. The molecule has 2 aromatic carbocycles. The van der Waals surface area contributed by atoms with E-state index in [9.17, 15) is 18.8 Å². The van der Waals surface area contributed by atoms with E-state index in [-0.39, 0.29) is 24.1 Å². The summed E-state index contributed by atoms with van der Waals surface area (Å²) < 4.78 is 38.3. The highest BCUT2D eigenvalue weighted by Gasteiger charge is 2.41. The minimum absolute atomic E-state index is 0.0999. The molecule has 0 saturated carbocycles. The second kappa shape index (κ2) is 12.1. The summed E-state index contributed by atoms with van der Waals surface area (Å²) in [4.78, 5) is 36.6. The monoisotopic (exact) mass is 675 g/mol. The third kappa shape index (κ3) is 5.24. The number of methoxy groups -OCH3 is 1. The van der Waals surface area contributed by atoms with Gasteiger partial charge in [0.1, 0.15) is 47.5 Å². The maximum absolute atomic E-state index is 15.0. The minimum atomic E-state index is -0.627. The second-order valence-corrected chi connectivity index (χ2v) is 12.6. The Hall–Kier alpha value is -6.01. The fourth-order valence-electron chi connectivity index (χ4n) is 7.13. The highest BCUT2D eigenvalue weighted by molar-refractivity contribution is 5.94. The van der Waals surface area contributed by atoms with Gasteiger partial charge in [-0.1, -0.05) is 6.07 Å². The van der Waals surface area contributed by atoms with E-state index in [1.807, 2.05) is 40.7 Å². The van der Waals surface area contributed by atoms with Gasteiger partial charge >= 0.3 is 0 Å². The fraction of sp³-hybridized carbons (Fsp3) is 0.286. The lowest BCUT2D eigenvalue weighted by molar-refractivity contribution is -0.132. The van der Waals surface area contributed by atoms with E-state index >= 15 is 0 Å². The first-order valence-corrected chi connectivity index (χ1v) is 16.1. The summed E-state index contributed by atoms with van der Waals surface area (Å²) in [6.45, 7) is 2.89. The van der Waals surface area contributed by atoms with Crippen LogP contribution in [0.1, 0.15) is 17.8 Å². The van der Waals surface area contributed by atoms with Gasteiger partial charge in [0.05, 0.1) is 52.2 Å². The van der Waals surface area contributed by atoms with Gasteiger partial charge in [0.15, 0.2) is 5.65 Å². The molecule has 1 saturated heterocycles. The number of carbonyl (C=O) groups excluding carboxylic acids is 1. The molecule has 13 nitrogen and oxygen atoms in total. The number of nitrogens with one attached hydrogen (secondary N) is 1. The van der Waals surface area contributed by atoms with E-state index in [0.29, 0.717) is 70.5 Å². The van der Waals surface area contributed by atoms with Gasteiger partial charge in [-0.25, -0.2) is 33.4 Å². The molecule has 0 unspecified atom stereocenters. The van der Waals surface area contributed by atoms with Gasteiger partial charge in [-0.05, 0) is 49.7 Å². The number of likely N-dealkylation sites (N-methyl/N-ethyl adjacent to an activating group) is 1. The smallest absolute Gasteiger partial charge is 0.245 e. The van der Waals surface area contributed by atoms with Crippen molar-refractivity contribution < 1.29 is 18.3 Å². The summed E-state index contributed by atoms with van der Waals surface area (Å²) in [5, 5.41) is 18.3. The van der Waals surface area contributed by atoms with Crippen LogP contribution < -0.4 is 10.2 Å². The molecular weight excluding hydrogens is 644 g/mol. The Balaban J connectivity index is 1.23. The van der Waals surface area contributed by atoms with Crippen LogP contribution in [0.2, 0.25) is 0 Å². The number of nitriles is 1. The molecule has 0 aliphatic carbocycles. The van der Waals surface area contributed by atoms with Crippen molar-refractivity contribution in [3.8, 4) is 23.0 Å². The maximum atomic E-state index is 15.0. The number of halogens is 2. The number of nitrogens with zero attached hydrogens (tertiary/aromatic N) is 10. The van der Waals surface area contributed by atoms with Crippen LogP contribution >= 0.6 is 0 Å². The van der Waals surface area contributed by atoms with E-state index < -0.39 is 23.8 Å². The number of amides is 1. The van der Waals surface area contributed by atoms with Crippen molar-refractivity contribution in [2.24, 2.45) is 0 Å². The molecule has 1 amide bonds. The number of aromatic nitrogens is 7. The lowest BCUT2D eigenvalue weighted by Gasteiger charge is -2.30. The maximum Gasteiger partial charge on any atom is 0.245 e. The summed E-state index contributed by atoms with van der Waals surface area (Å²) in [6, 6.07) is 13.5. The number of pyridine rings is 1. The van der Waals surface area contributed by atoms with Gasteiger partial charge in [-0.15, -0.1) is 0 Å². The Bertz CT molecular complexity index is 2350. The summed E-state index contributed by atoms with van der Waals surface area (Å²) in [5.74, 6) is 0.658. The number of fused-ring (bicyclic) bond motifs is 6. The van der Waals surface area contributed by atoms with Crippen LogP contribution in [0.3, 0.4) is 0 Å². The van der Waals surface area contributed by atoms with E-state index in [1.165, 1.54) is 35.3 Å². The first kappa shape index (κ1) is 31.3. The van der Waals surface area contributed by atoms with Crippen molar-refractivity contribution >= 4 is 39.6 Å². The van der Waals surface area contributed by atoms with Crippen LogP contribution in [0, 0.1) is 29.9 Å². The van der Waals surface area contributed by atoms with Gasteiger partial charge in [0.25, 0.3) is 0 Å². The third-order valence-corrected chi connectivity index (χ3v) is 9.46. The first-order valence-electron chi connectivity index (χ1n) is 16.1. The van der Waals surface area contributed by atoms with Crippen LogP contribution in [-0.2, 0) is 16.1 Å². The molecule has 3 atom stereocenters. The zero-order valence-corrected chi connectivity index (χ0v) is 27.4. The quantitative estimate of drug-likeness (QED) is 0.290. The fourth-order valence-corrected chi connectivity index (χ4v) is 7.13.